The van der Waals surface area contributed by atoms with E-state index in [1.165, 1.54) is 45.6 Å². The molecule has 0 saturated heterocycles. The van der Waals surface area contributed by atoms with E-state index in [1.54, 1.807) is 0 Å². The van der Waals surface area contributed by atoms with Gasteiger partial charge in [-0.25, -0.2) is 0 Å². The van der Waals surface area contributed by atoms with E-state index < -0.39 is 0 Å². The molecule has 2 heteroatoms. The normalized spacial score (nSPS) is 23.4. The summed E-state index contributed by atoms with van der Waals surface area (Å²) in [6, 6.07) is 0. The third kappa shape index (κ3) is 4.52. The fourth-order valence-corrected chi connectivity index (χ4v) is 2.17. The molecule has 2 nitrogen and oxygen atoms in total. The summed E-state index contributed by atoms with van der Waals surface area (Å²) in [7, 11) is 0. The van der Waals surface area contributed by atoms with Crippen molar-refractivity contribution in [1.82, 2.24) is 10.2 Å². The van der Waals surface area contributed by atoms with E-state index in [0.29, 0.717) is 5.41 Å². The molecule has 1 fully saturated rings. The lowest BCUT2D eigenvalue weighted by Crippen LogP contribution is -2.28. The summed E-state index contributed by atoms with van der Waals surface area (Å²) in [6.07, 6.45) is 2.70. The Kier molecular flexibility index (Phi) is 5.07. The summed E-state index contributed by atoms with van der Waals surface area (Å²) < 4.78 is 0. The van der Waals surface area contributed by atoms with Crippen LogP contribution >= 0.6 is 0 Å². The van der Waals surface area contributed by atoms with E-state index in [4.69, 9.17) is 0 Å². The van der Waals surface area contributed by atoms with Gasteiger partial charge in [0, 0.05) is 0 Å². The van der Waals surface area contributed by atoms with Crippen molar-refractivity contribution < 1.29 is 0 Å². The molecule has 15 heavy (non-hydrogen) atoms. The second-order valence-electron chi connectivity index (χ2n) is 5.47. The van der Waals surface area contributed by atoms with Gasteiger partial charge in [0.25, 0.3) is 0 Å². The average Bonchev–Trinajstić information content (AvgIpc) is 2.80. The van der Waals surface area contributed by atoms with Crippen molar-refractivity contribution in [2.45, 2.75) is 40.5 Å². The van der Waals surface area contributed by atoms with Crippen LogP contribution in [0, 0.1) is 11.3 Å². The molecule has 1 aliphatic rings. The quantitative estimate of drug-likeness (QED) is 0.621. The van der Waals surface area contributed by atoms with Crippen LogP contribution in [0.2, 0.25) is 0 Å². The molecule has 1 saturated carbocycles. The van der Waals surface area contributed by atoms with E-state index in [0.717, 1.165) is 5.92 Å². The van der Waals surface area contributed by atoms with Crippen LogP contribution in [0.5, 0.6) is 0 Å². The van der Waals surface area contributed by atoms with Gasteiger partial charge in [-0.3, -0.25) is 0 Å². The van der Waals surface area contributed by atoms with Crippen LogP contribution in [-0.4, -0.2) is 37.6 Å². The number of nitrogens with one attached hydrogen (secondary N) is 1. The third-order valence-corrected chi connectivity index (χ3v) is 3.83. The highest BCUT2D eigenvalue weighted by molar-refractivity contribution is 4.95. The molecule has 0 heterocycles. The van der Waals surface area contributed by atoms with Crippen molar-refractivity contribution in [3.8, 4) is 0 Å². The maximum atomic E-state index is 3.58. The van der Waals surface area contributed by atoms with Gasteiger partial charge in [0.1, 0.15) is 0 Å². The SMILES string of the molecule is CCN(CC)CCCNCC1CC1(C)C. The first kappa shape index (κ1) is 13.0. The zero-order valence-corrected chi connectivity index (χ0v) is 11.0. The Balaban J connectivity index is 1.89. The summed E-state index contributed by atoms with van der Waals surface area (Å²) in [5, 5.41) is 3.58. The molecule has 0 bridgehead atoms. The molecule has 1 atom stereocenters. The van der Waals surface area contributed by atoms with Crippen molar-refractivity contribution in [2.24, 2.45) is 11.3 Å². The van der Waals surface area contributed by atoms with E-state index >= 15 is 0 Å². The van der Waals surface area contributed by atoms with Crippen LogP contribution in [0.3, 0.4) is 0 Å². The largest absolute Gasteiger partial charge is 0.316 e. The van der Waals surface area contributed by atoms with Gasteiger partial charge in [-0.2, -0.15) is 0 Å². The molecular weight excluding hydrogens is 184 g/mol. The Morgan fingerprint density at radius 3 is 2.33 bits per heavy atom. The number of rotatable bonds is 8. The number of hydrogen-bond acceptors (Lipinski definition) is 2. The molecule has 1 unspecified atom stereocenters. The van der Waals surface area contributed by atoms with E-state index in [9.17, 15) is 0 Å². The van der Waals surface area contributed by atoms with Gasteiger partial charge in [-0.05, 0) is 56.9 Å². The molecule has 90 valence electrons. The molecule has 0 aliphatic heterocycles. The van der Waals surface area contributed by atoms with E-state index in [2.05, 4.69) is 37.9 Å². The van der Waals surface area contributed by atoms with E-state index in [-0.39, 0.29) is 0 Å². The molecule has 0 amide bonds. The van der Waals surface area contributed by atoms with Crippen LogP contribution in [0.25, 0.3) is 0 Å². The summed E-state index contributed by atoms with van der Waals surface area (Å²) in [6.45, 7) is 15.2. The Bertz CT molecular complexity index is 169. The number of nitrogens with zero attached hydrogens (tertiary/aromatic N) is 1. The lowest BCUT2D eigenvalue weighted by Gasteiger charge is -2.17. The van der Waals surface area contributed by atoms with Crippen molar-refractivity contribution in [3.63, 3.8) is 0 Å². The molecule has 1 aliphatic carbocycles. The van der Waals surface area contributed by atoms with Crippen LogP contribution in [0.15, 0.2) is 0 Å². The first-order valence-electron chi connectivity index (χ1n) is 6.53. The number of hydrogen-bond donors (Lipinski definition) is 1. The van der Waals surface area contributed by atoms with Crippen molar-refractivity contribution in [3.05, 3.63) is 0 Å². The predicted octanol–water partition coefficient (Wildman–Crippen LogP) is 2.35. The van der Waals surface area contributed by atoms with Gasteiger partial charge in [0.2, 0.25) is 0 Å². The highest BCUT2D eigenvalue weighted by Crippen LogP contribution is 2.50. The van der Waals surface area contributed by atoms with Gasteiger partial charge in [-0.15, -0.1) is 0 Å². The highest BCUT2D eigenvalue weighted by atomic mass is 15.1. The zero-order valence-electron chi connectivity index (χ0n) is 11.0. The second kappa shape index (κ2) is 5.86. The second-order valence-corrected chi connectivity index (χ2v) is 5.47. The van der Waals surface area contributed by atoms with Gasteiger partial charge >= 0.3 is 0 Å². The van der Waals surface area contributed by atoms with Crippen LogP contribution in [-0.2, 0) is 0 Å². The topological polar surface area (TPSA) is 15.3 Å². The minimum Gasteiger partial charge on any atom is -0.316 e. The maximum absolute atomic E-state index is 3.58. The van der Waals surface area contributed by atoms with Crippen molar-refractivity contribution in [1.29, 1.82) is 0 Å². The van der Waals surface area contributed by atoms with Gasteiger partial charge in [0.15, 0.2) is 0 Å². The van der Waals surface area contributed by atoms with Crippen LogP contribution < -0.4 is 5.32 Å². The van der Waals surface area contributed by atoms with Crippen LogP contribution in [0.1, 0.15) is 40.5 Å². The van der Waals surface area contributed by atoms with Gasteiger partial charge in [0.05, 0.1) is 0 Å². The van der Waals surface area contributed by atoms with E-state index in [1.807, 2.05) is 0 Å². The Morgan fingerprint density at radius 1 is 1.27 bits per heavy atom. The Morgan fingerprint density at radius 2 is 1.87 bits per heavy atom. The lowest BCUT2D eigenvalue weighted by molar-refractivity contribution is 0.297. The molecular formula is C13H28N2. The molecule has 1 rings (SSSR count). The average molecular weight is 212 g/mol. The summed E-state index contributed by atoms with van der Waals surface area (Å²) in [5.41, 5.74) is 0.631. The van der Waals surface area contributed by atoms with Crippen LogP contribution in [0.4, 0.5) is 0 Å². The minimum atomic E-state index is 0.631. The standard InChI is InChI=1S/C13H28N2/c1-5-15(6-2)9-7-8-14-11-12-10-13(12,3)4/h12,14H,5-11H2,1-4H3. The zero-order chi connectivity index (χ0) is 11.3. The fourth-order valence-electron chi connectivity index (χ4n) is 2.17. The molecule has 0 radical (unpaired) electrons. The molecule has 0 aromatic heterocycles. The molecule has 1 N–H and O–H groups in total. The summed E-state index contributed by atoms with van der Waals surface area (Å²) in [5.74, 6) is 0.936. The smallest absolute Gasteiger partial charge is 0.000687 e. The first-order chi connectivity index (χ1) is 7.10. The lowest BCUT2D eigenvalue weighted by atomic mass is 10.1. The van der Waals surface area contributed by atoms with Crippen molar-refractivity contribution >= 4 is 0 Å². The highest BCUT2D eigenvalue weighted by Gasteiger charge is 2.44. The van der Waals surface area contributed by atoms with Crippen molar-refractivity contribution in [2.75, 3.05) is 32.7 Å². The molecule has 0 spiro atoms. The Hall–Kier alpha value is -0.0800. The van der Waals surface area contributed by atoms with Gasteiger partial charge in [-0.1, -0.05) is 27.7 Å². The monoisotopic (exact) mass is 212 g/mol. The Labute approximate surface area is 95.4 Å². The summed E-state index contributed by atoms with van der Waals surface area (Å²) >= 11 is 0. The summed E-state index contributed by atoms with van der Waals surface area (Å²) in [4.78, 5) is 2.49. The molecule has 0 aromatic rings. The third-order valence-electron chi connectivity index (χ3n) is 3.83. The van der Waals surface area contributed by atoms with Gasteiger partial charge < -0.3 is 10.2 Å². The first-order valence-corrected chi connectivity index (χ1v) is 6.53. The fraction of sp³-hybridized carbons (Fsp3) is 1.00. The molecule has 0 aromatic carbocycles. The maximum Gasteiger partial charge on any atom is -0.000687 e. The minimum absolute atomic E-state index is 0.631. The predicted molar refractivity (Wildman–Crippen MR) is 67.2 cm³/mol.